The van der Waals surface area contributed by atoms with Crippen molar-refractivity contribution in [3.05, 3.63) is 29.8 Å². The van der Waals surface area contributed by atoms with Gasteiger partial charge in [0.2, 0.25) is 5.91 Å². The van der Waals surface area contributed by atoms with Crippen LogP contribution in [-0.2, 0) is 4.79 Å². The molecule has 112 valence electrons. The third kappa shape index (κ3) is 7.14. The van der Waals surface area contributed by atoms with Crippen molar-refractivity contribution in [2.24, 2.45) is 0 Å². The topological polar surface area (TPSA) is 58.6 Å². The second-order valence-electron chi connectivity index (χ2n) is 4.85. The Bertz CT molecular complexity index is 393. The smallest absolute Gasteiger partial charge is 0.223 e. The molecular formula is C16H25NO3. The summed E-state index contributed by atoms with van der Waals surface area (Å²) in [6.45, 7) is 3.35. The van der Waals surface area contributed by atoms with Crippen molar-refractivity contribution in [3.63, 3.8) is 0 Å². The van der Waals surface area contributed by atoms with Gasteiger partial charge in [0, 0.05) is 13.2 Å². The first-order valence-corrected chi connectivity index (χ1v) is 7.30. The van der Waals surface area contributed by atoms with E-state index in [-0.39, 0.29) is 12.5 Å². The van der Waals surface area contributed by atoms with Crippen molar-refractivity contribution in [3.8, 4) is 5.75 Å². The molecule has 0 radical (unpaired) electrons. The van der Waals surface area contributed by atoms with Crippen molar-refractivity contribution in [2.75, 3.05) is 19.8 Å². The first kappa shape index (κ1) is 16.5. The molecular weight excluding hydrogens is 254 g/mol. The number of aliphatic hydroxyl groups is 1. The monoisotopic (exact) mass is 279 g/mol. The molecule has 4 heteroatoms. The molecule has 2 N–H and O–H groups in total. The Morgan fingerprint density at radius 2 is 1.95 bits per heavy atom. The lowest BCUT2D eigenvalue weighted by atomic mass is 10.2. The second kappa shape index (κ2) is 10.3. The maximum absolute atomic E-state index is 11.6. The van der Waals surface area contributed by atoms with E-state index in [0.29, 0.717) is 19.6 Å². The standard InChI is InChI=1S/C16H25NO3/c1-14-8-4-5-9-15(14)20-13-10-16(19)17-11-6-2-3-7-12-18/h4-5,8-9,18H,2-3,6-7,10-13H2,1H3,(H,17,19). The number of amides is 1. The number of para-hydroxylation sites is 1. The van der Waals surface area contributed by atoms with Gasteiger partial charge in [0.15, 0.2) is 0 Å². The third-order valence-electron chi connectivity index (χ3n) is 3.09. The predicted molar refractivity (Wildman–Crippen MR) is 79.9 cm³/mol. The molecule has 0 aliphatic rings. The highest BCUT2D eigenvalue weighted by molar-refractivity contribution is 5.75. The minimum Gasteiger partial charge on any atom is -0.493 e. The number of carbonyl (C=O) groups excluding carboxylic acids is 1. The first-order valence-electron chi connectivity index (χ1n) is 7.30. The van der Waals surface area contributed by atoms with E-state index >= 15 is 0 Å². The summed E-state index contributed by atoms with van der Waals surface area (Å²) in [5, 5.41) is 11.5. The minimum atomic E-state index is 0.0285. The number of carbonyl (C=O) groups is 1. The summed E-state index contributed by atoms with van der Waals surface area (Å²) in [7, 11) is 0. The van der Waals surface area contributed by atoms with Gasteiger partial charge in [-0.05, 0) is 31.4 Å². The Kier molecular flexibility index (Phi) is 8.47. The van der Waals surface area contributed by atoms with E-state index in [0.717, 1.165) is 37.0 Å². The van der Waals surface area contributed by atoms with Crippen LogP contribution in [0.5, 0.6) is 5.75 Å². The molecule has 1 amide bonds. The zero-order chi connectivity index (χ0) is 14.6. The summed E-state index contributed by atoms with van der Waals surface area (Å²) in [4.78, 5) is 11.6. The molecule has 20 heavy (non-hydrogen) atoms. The Labute approximate surface area is 121 Å². The highest BCUT2D eigenvalue weighted by Gasteiger charge is 2.02. The summed E-state index contributed by atoms with van der Waals surface area (Å²) >= 11 is 0. The molecule has 0 heterocycles. The molecule has 4 nitrogen and oxygen atoms in total. The number of ether oxygens (including phenoxy) is 1. The maximum atomic E-state index is 11.6. The molecule has 1 aromatic carbocycles. The van der Waals surface area contributed by atoms with E-state index in [2.05, 4.69) is 5.32 Å². The minimum absolute atomic E-state index is 0.0285. The second-order valence-corrected chi connectivity index (χ2v) is 4.85. The average Bonchev–Trinajstić information content (AvgIpc) is 2.45. The van der Waals surface area contributed by atoms with Crippen LogP contribution in [0.15, 0.2) is 24.3 Å². The number of hydrogen-bond acceptors (Lipinski definition) is 3. The fraction of sp³-hybridized carbons (Fsp3) is 0.562. The molecule has 1 aromatic rings. The van der Waals surface area contributed by atoms with Gasteiger partial charge in [-0.1, -0.05) is 31.0 Å². The average molecular weight is 279 g/mol. The van der Waals surface area contributed by atoms with Crippen LogP contribution in [0.3, 0.4) is 0 Å². The van der Waals surface area contributed by atoms with Crippen LogP contribution in [0.2, 0.25) is 0 Å². The Morgan fingerprint density at radius 1 is 1.20 bits per heavy atom. The number of benzene rings is 1. The van der Waals surface area contributed by atoms with Gasteiger partial charge in [0.05, 0.1) is 13.0 Å². The fourth-order valence-corrected chi connectivity index (χ4v) is 1.88. The van der Waals surface area contributed by atoms with E-state index in [1.165, 1.54) is 0 Å². The number of rotatable bonds is 10. The lowest BCUT2D eigenvalue weighted by molar-refractivity contribution is -0.121. The summed E-state index contributed by atoms with van der Waals surface area (Å²) in [5.74, 6) is 0.866. The predicted octanol–water partition coefficient (Wildman–Crippen LogP) is 2.43. The fourth-order valence-electron chi connectivity index (χ4n) is 1.88. The molecule has 1 rings (SSSR count). The van der Waals surface area contributed by atoms with Crippen molar-refractivity contribution in [1.82, 2.24) is 5.32 Å². The van der Waals surface area contributed by atoms with E-state index in [4.69, 9.17) is 9.84 Å². The highest BCUT2D eigenvalue weighted by atomic mass is 16.5. The third-order valence-corrected chi connectivity index (χ3v) is 3.09. The zero-order valence-electron chi connectivity index (χ0n) is 12.2. The van der Waals surface area contributed by atoms with Gasteiger partial charge in [-0.25, -0.2) is 0 Å². The number of unbranched alkanes of at least 4 members (excludes halogenated alkanes) is 3. The number of nitrogens with one attached hydrogen (secondary N) is 1. The number of hydrogen-bond donors (Lipinski definition) is 2. The van der Waals surface area contributed by atoms with Gasteiger partial charge in [0.1, 0.15) is 5.75 Å². The molecule has 0 aliphatic carbocycles. The van der Waals surface area contributed by atoms with Gasteiger partial charge in [-0.15, -0.1) is 0 Å². The van der Waals surface area contributed by atoms with E-state index < -0.39 is 0 Å². The molecule has 0 aromatic heterocycles. The van der Waals surface area contributed by atoms with Crippen molar-refractivity contribution in [2.45, 2.75) is 39.0 Å². The molecule has 0 spiro atoms. The summed E-state index contributed by atoms with van der Waals surface area (Å²) in [5.41, 5.74) is 1.08. The van der Waals surface area contributed by atoms with Gasteiger partial charge in [0.25, 0.3) is 0 Å². The van der Waals surface area contributed by atoms with Crippen LogP contribution in [0.25, 0.3) is 0 Å². The van der Waals surface area contributed by atoms with Crippen LogP contribution in [0, 0.1) is 6.92 Å². The Morgan fingerprint density at radius 3 is 2.70 bits per heavy atom. The van der Waals surface area contributed by atoms with Crippen molar-refractivity contribution < 1.29 is 14.6 Å². The SMILES string of the molecule is Cc1ccccc1OCCC(=O)NCCCCCCO. The van der Waals surface area contributed by atoms with Gasteiger partial charge >= 0.3 is 0 Å². The first-order chi connectivity index (χ1) is 9.74. The van der Waals surface area contributed by atoms with Crippen molar-refractivity contribution >= 4 is 5.91 Å². The van der Waals surface area contributed by atoms with Gasteiger partial charge < -0.3 is 15.2 Å². The summed E-state index contributed by atoms with van der Waals surface area (Å²) in [6, 6.07) is 7.79. The molecule has 0 aliphatic heterocycles. The molecule has 0 bridgehead atoms. The largest absolute Gasteiger partial charge is 0.493 e. The Balaban J connectivity index is 2.04. The molecule has 0 unspecified atom stereocenters. The van der Waals surface area contributed by atoms with E-state index in [9.17, 15) is 4.79 Å². The number of aliphatic hydroxyl groups excluding tert-OH is 1. The van der Waals surface area contributed by atoms with Crippen LogP contribution in [-0.4, -0.2) is 30.8 Å². The van der Waals surface area contributed by atoms with Gasteiger partial charge in [-0.2, -0.15) is 0 Å². The molecule has 0 fully saturated rings. The lowest BCUT2D eigenvalue weighted by Crippen LogP contribution is -2.25. The zero-order valence-corrected chi connectivity index (χ0v) is 12.2. The normalized spacial score (nSPS) is 10.3. The quantitative estimate of drug-likeness (QED) is 0.647. The molecule has 0 saturated heterocycles. The Hall–Kier alpha value is -1.55. The number of aryl methyl sites for hydroxylation is 1. The highest BCUT2D eigenvalue weighted by Crippen LogP contribution is 2.16. The summed E-state index contributed by atoms with van der Waals surface area (Å²) < 4.78 is 5.58. The van der Waals surface area contributed by atoms with Crippen LogP contribution >= 0.6 is 0 Å². The lowest BCUT2D eigenvalue weighted by Gasteiger charge is -2.09. The van der Waals surface area contributed by atoms with Crippen LogP contribution in [0.4, 0.5) is 0 Å². The van der Waals surface area contributed by atoms with Gasteiger partial charge in [-0.3, -0.25) is 4.79 Å². The molecule has 0 atom stereocenters. The molecule has 0 saturated carbocycles. The van der Waals surface area contributed by atoms with Crippen molar-refractivity contribution in [1.29, 1.82) is 0 Å². The van der Waals surface area contributed by atoms with E-state index in [1.54, 1.807) is 0 Å². The maximum Gasteiger partial charge on any atom is 0.223 e. The summed E-state index contributed by atoms with van der Waals surface area (Å²) in [6.07, 6.45) is 4.25. The van der Waals surface area contributed by atoms with Crippen LogP contribution in [0.1, 0.15) is 37.7 Å². The van der Waals surface area contributed by atoms with E-state index in [1.807, 2.05) is 31.2 Å². The van der Waals surface area contributed by atoms with Crippen LogP contribution < -0.4 is 10.1 Å².